The molecule has 0 aliphatic carbocycles. The molecule has 0 heterocycles. The number of rotatable bonds is 8. The second kappa shape index (κ2) is 13.9. The molecule has 1 aromatic carbocycles. The lowest BCUT2D eigenvalue weighted by Gasteiger charge is -2.15. The van der Waals surface area contributed by atoms with Gasteiger partial charge in [0.25, 0.3) is 0 Å². The Bertz CT molecular complexity index is 732. The Balaban J connectivity index is 0.00000326. The Morgan fingerprint density at radius 2 is 1.81 bits per heavy atom. The summed E-state index contributed by atoms with van der Waals surface area (Å²) < 4.78 is 0. The summed E-state index contributed by atoms with van der Waals surface area (Å²) in [6, 6.07) is 7.95. The van der Waals surface area contributed by atoms with Crippen molar-refractivity contribution in [3.8, 4) is 0 Å². The first-order chi connectivity index (χ1) is 12.9. The van der Waals surface area contributed by atoms with Crippen molar-refractivity contribution in [1.82, 2.24) is 4.90 Å². The third kappa shape index (κ3) is 9.30. The van der Waals surface area contributed by atoms with E-state index in [4.69, 9.17) is 11.6 Å². The number of halogens is 1. The van der Waals surface area contributed by atoms with Crippen molar-refractivity contribution < 1.29 is 0 Å². The van der Waals surface area contributed by atoms with Crippen LogP contribution in [0.5, 0.6) is 0 Å². The minimum absolute atomic E-state index is 0.738. The molecule has 2 heteroatoms. The van der Waals surface area contributed by atoms with E-state index >= 15 is 0 Å². The first-order valence-electron chi connectivity index (χ1n) is 9.42. The van der Waals surface area contributed by atoms with Gasteiger partial charge in [-0.05, 0) is 60.9 Å². The van der Waals surface area contributed by atoms with Gasteiger partial charge < -0.3 is 4.90 Å². The van der Waals surface area contributed by atoms with Crippen LogP contribution in [0.15, 0.2) is 90.8 Å². The summed E-state index contributed by atoms with van der Waals surface area (Å²) in [5, 5.41) is 0.738. The summed E-state index contributed by atoms with van der Waals surface area (Å²) in [6.45, 7) is 18.0. The maximum Gasteiger partial charge on any atom is 0.0412 e. The van der Waals surface area contributed by atoms with Crippen LogP contribution >= 0.6 is 11.6 Å². The van der Waals surface area contributed by atoms with Crippen LogP contribution in [0.2, 0.25) is 5.02 Å². The summed E-state index contributed by atoms with van der Waals surface area (Å²) >= 11 is 6.18. The van der Waals surface area contributed by atoms with E-state index in [1.807, 2.05) is 57.0 Å². The molecule has 1 rings (SSSR count). The Morgan fingerprint density at radius 1 is 1.15 bits per heavy atom. The van der Waals surface area contributed by atoms with Crippen molar-refractivity contribution in [3.63, 3.8) is 0 Å². The monoisotopic (exact) mass is 383 g/mol. The molecule has 0 bridgehead atoms. The minimum Gasteiger partial charge on any atom is -0.357 e. The number of hydrogen-bond donors (Lipinski definition) is 0. The molecule has 0 fully saturated rings. The molecule has 0 aliphatic rings. The van der Waals surface area contributed by atoms with E-state index in [2.05, 4.69) is 57.5 Å². The van der Waals surface area contributed by atoms with Crippen LogP contribution in [-0.4, -0.2) is 11.9 Å². The van der Waals surface area contributed by atoms with E-state index in [-0.39, 0.29) is 0 Å². The van der Waals surface area contributed by atoms with Crippen molar-refractivity contribution >= 4 is 17.2 Å². The van der Waals surface area contributed by atoms with E-state index < -0.39 is 0 Å². The molecule has 1 nitrogen and oxygen atoms in total. The van der Waals surface area contributed by atoms with E-state index in [0.29, 0.717) is 0 Å². The number of hydrogen-bond acceptors (Lipinski definition) is 1. The van der Waals surface area contributed by atoms with Gasteiger partial charge >= 0.3 is 0 Å². The molecule has 0 aliphatic heterocycles. The summed E-state index contributed by atoms with van der Waals surface area (Å²) in [5.41, 5.74) is 5.52. The van der Waals surface area contributed by atoms with Crippen LogP contribution in [0, 0.1) is 0 Å². The van der Waals surface area contributed by atoms with Crippen LogP contribution in [0.25, 0.3) is 5.57 Å². The van der Waals surface area contributed by atoms with Gasteiger partial charge in [0.15, 0.2) is 0 Å². The second-order valence-corrected chi connectivity index (χ2v) is 6.41. The fourth-order valence-electron chi connectivity index (χ4n) is 2.26. The fourth-order valence-corrected chi connectivity index (χ4v) is 2.45. The van der Waals surface area contributed by atoms with Gasteiger partial charge in [-0.2, -0.15) is 0 Å². The first kappa shape index (κ1) is 24.8. The molecule has 0 spiro atoms. The van der Waals surface area contributed by atoms with Gasteiger partial charge in [0.1, 0.15) is 0 Å². The first-order valence-corrected chi connectivity index (χ1v) is 9.80. The molecule has 146 valence electrons. The largest absolute Gasteiger partial charge is 0.357 e. The molecule has 27 heavy (non-hydrogen) atoms. The average molecular weight is 384 g/mol. The molecule has 0 saturated carbocycles. The highest BCUT2D eigenvalue weighted by Gasteiger charge is 2.08. The van der Waals surface area contributed by atoms with Gasteiger partial charge in [-0.1, -0.05) is 87.5 Å². The lowest BCUT2D eigenvalue weighted by atomic mass is 9.94. The predicted molar refractivity (Wildman–Crippen MR) is 125 cm³/mol. The zero-order chi connectivity index (χ0) is 20.8. The van der Waals surface area contributed by atoms with Gasteiger partial charge in [-0.15, -0.1) is 0 Å². The predicted octanol–water partition coefficient (Wildman–Crippen LogP) is 8.20. The smallest absolute Gasteiger partial charge is 0.0412 e. The van der Waals surface area contributed by atoms with Gasteiger partial charge in [0.05, 0.1) is 0 Å². The van der Waals surface area contributed by atoms with E-state index in [1.54, 1.807) is 6.20 Å². The van der Waals surface area contributed by atoms with Gasteiger partial charge in [0.2, 0.25) is 0 Å². The normalized spacial score (nSPS) is 12.5. The molecule has 0 saturated heterocycles. The second-order valence-electron chi connectivity index (χ2n) is 5.97. The third-order valence-corrected chi connectivity index (χ3v) is 3.91. The topological polar surface area (TPSA) is 3.24 Å². The molecule has 0 aromatic heterocycles. The summed E-state index contributed by atoms with van der Waals surface area (Å²) in [6.07, 6.45) is 13.3. The van der Waals surface area contributed by atoms with E-state index in [1.165, 1.54) is 5.57 Å². The number of nitrogens with zero attached hydrogens (tertiary/aromatic N) is 1. The maximum absolute atomic E-state index is 6.18. The Hall–Kier alpha value is -2.25. The van der Waals surface area contributed by atoms with Crippen molar-refractivity contribution in [2.24, 2.45) is 0 Å². The fraction of sp³-hybridized carbons (Fsp3) is 0.280. The summed E-state index contributed by atoms with van der Waals surface area (Å²) in [4.78, 5) is 1.95. The highest BCUT2D eigenvalue weighted by molar-refractivity contribution is 6.30. The zero-order valence-corrected chi connectivity index (χ0v) is 18.5. The molecular formula is C25H34ClN. The Morgan fingerprint density at radius 3 is 2.33 bits per heavy atom. The van der Waals surface area contributed by atoms with E-state index in [0.717, 1.165) is 33.7 Å². The molecule has 1 aromatic rings. The van der Waals surface area contributed by atoms with Crippen LogP contribution < -0.4 is 0 Å². The SMILES string of the molecule is C=CN(C)/C=C(\C=C/C(=C)C)C(/C=C\CC)=C(/C)c1cccc(Cl)c1.CC. The molecule has 0 atom stereocenters. The van der Waals surface area contributed by atoms with Crippen molar-refractivity contribution in [2.45, 2.75) is 41.0 Å². The lowest BCUT2D eigenvalue weighted by Crippen LogP contribution is -2.02. The minimum atomic E-state index is 0.738. The quantitative estimate of drug-likeness (QED) is 0.409. The van der Waals surface area contributed by atoms with E-state index in [9.17, 15) is 0 Å². The molecule has 0 amide bonds. The Labute approximate surface area is 171 Å². The highest BCUT2D eigenvalue weighted by atomic mass is 35.5. The maximum atomic E-state index is 6.18. The van der Waals surface area contributed by atoms with Gasteiger partial charge in [0, 0.05) is 18.3 Å². The Kier molecular flexibility index (Phi) is 12.7. The van der Waals surface area contributed by atoms with Crippen molar-refractivity contribution in [3.05, 3.63) is 101 Å². The molecule has 0 radical (unpaired) electrons. The summed E-state index contributed by atoms with van der Waals surface area (Å²) in [7, 11) is 1.97. The van der Waals surface area contributed by atoms with Crippen LogP contribution in [0.4, 0.5) is 0 Å². The summed E-state index contributed by atoms with van der Waals surface area (Å²) in [5.74, 6) is 0. The van der Waals surface area contributed by atoms with Crippen molar-refractivity contribution in [2.75, 3.05) is 7.05 Å². The van der Waals surface area contributed by atoms with Crippen LogP contribution in [-0.2, 0) is 0 Å². The van der Waals surface area contributed by atoms with Crippen LogP contribution in [0.3, 0.4) is 0 Å². The number of allylic oxidation sites excluding steroid dienone is 8. The third-order valence-electron chi connectivity index (χ3n) is 3.67. The molecule has 0 N–H and O–H groups in total. The molecule has 0 unspecified atom stereocenters. The standard InChI is InChI=1S/C23H28ClN.C2H6/c1-7-9-13-23(19(5)20-11-10-12-22(24)16-20)21(15-14-18(3)4)17-25(6)8-2;1-2/h8-17H,2-3,7H2,1,4-6H3;1-2H3/b13-9-,15-14-,21-17+,23-19-;. The average Bonchev–Trinajstić information content (AvgIpc) is 2.67. The highest BCUT2D eigenvalue weighted by Crippen LogP contribution is 2.28. The zero-order valence-electron chi connectivity index (χ0n) is 17.7. The van der Waals surface area contributed by atoms with Crippen LogP contribution in [0.1, 0.15) is 46.6 Å². The lowest BCUT2D eigenvalue weighted by molar-refractivity contribution is 0.624. The van der Waals surface area contributed by atoms with Gasteiger partial charge in [-0.3, -0.25) is 0 Å². The van der Waals surface area contributed by atoms with Gasteiger partial charge in [-0.25, -0.2) is 0 Å². The number of benzene rings is 1. The van der Waals surface area contributed by atoms with Crippen molar-refractivity contribution in [1.29, 1.82) is 0 Å². The molecular weight excluding hydrogens is 350 g/mol.